The van der Waals surface area contributed by atoms with Crippen LogP contribution in [0.4, 0.5) is 5.69 Å². The minimum atomic E-state index is -0.0742. The van der Waals surface area contributed by atoms with E-state index >= 15 is 0 Å². The third kappa shape index (κ3) is 2.37. The fourth-order valence-electron chi connectivity index (χ4n) is 2.95. The zero-order valence-electron chi connectivity index (χ0n) is 13.7. The average Bonchev–Trinajstić information content (AvgIpc) is 3.02. The van der Waals surface area contributed by atoms with E-state index in [9.17, 15) is 4.79 Å². The van der Waals surface area contributed by atoms with Crippen LogP contribution in [0.1, 0.15) is 5.56 Å². The lowest BCUT2D eigenvalue weighted by Crippen LogP contribution is -2.16. The van der Waals surface area contributed by atoms with Crippen molar-refractivity contribution in [1.29, 1.82) is 5.26 Å². The van der Waals surface area contributed by atoms with Gasteiger partial charge in [0, 0.05) is 48.6 Å². The molecule has 0 aliphatic carbocycles. The zero-order valence-corrected chi connectivity index (χ0v) is 14.5. The second kappa shape index (κ2) is 5.72. The number of benzene rings is 1. The summed E-state index contributed by atoms with van der Waals surface area (Å²) in [5.74, 6) is 0. The van der Waals surface area contributed by atoms with Crippen LogP contribution >= 0.6 is 11.3 Å². The standard InChI is InChI=1S/C19H14N4OS/c1-22(2)15-7-9-21-18-16(15)14-8-10-23(19(24)17(14)25-18)13-5-3-12(11-20)4-6-13/h3-10H,1-2H3. The highest BCUT2D eigenvalue weighted by molar-refractivity contribution is 7.25. The highest BCUT2D eigenvalue weighted by Gasteiger charge is 2.15. The predicted octanol–water partition coefficient (Wildman–Crippen LogP) is 3.54. The van der Waals surface area contributed by atoms with E-state index in [0.29, 0.717) is 10.3 Å². The number of hydrogen-bond acceptors (Lipinski definition) is 5. The van der Waals surface area contributed by atoms with Crippen LogP contribution in [0, 0.1) is 11.3 Å². The van der Waals surface area contributed by atoms with Gasteiger partial charge >= 0.3 is 0 Å². The number of fused-ring (bicyclic) bond motifs is 3. The van der Waals surface area contributed by atoms with Crippen molar-refractivity contribution in [2.45, 2.75) is 0 Å². The Balaban J connectivity index is 2.00. The van der Waals surface area contributed by atoms with Gasteiger partial charge in [-0.15, -0.1) is 11.3 Å². The summed E-state index contributed by atoms with van der Waals surface area (Å²) in [5.41, 5.74) is 2.28. The summed E-state index contributed by atoms with van der Waals surface area (Å²) < 4.78 is 2.29. The Hall–Kier alpha value is -3.17. The molecule has 0 aliphatic rings. The van der Waals surface area contributed by atoms with E-state index in [2.05, 4.69) is 11.1 Å². The SMILES string of the molecule is CN(C)c1ccnc2sc3c(=O)n(-c4ccc(C#N)cc4)ccc3c12. The molecular formula is C19H14N4OS. The summed E-state index contributed by atoms with van der Waals surface area (Å²) in [5, 5.41) is 10.9. The summed E-state index contributed by atoms with van der Waals surface area (Å²) in [6.45, 7) is 0. The number of hydrogen-bond donors (Lipinski definition) is 0. The van der Waals surface area contributed by atoms with Gasteiger partial charge < -0.3 is 4.90 Å². The lowest BCUT2D eigenvalue weighted by Gasteiger charge is -2.13. The highest BCUT2D eigenvalue weighted by Crippen LogP contribution is 2.36. The lowest BCUT2D eigenvalue weighted by atomic mass is 10.2. The van der Waals surface area contributed by atoms with Crippen molar-refractivity contribution in [2.75, 3.05) is 19.0 Å². The summed E-state index contributed by atoms with van der Waals surface area (Å²) >= 11 is 1.41. The molecule has 0 fully saturated rings. The minimum absolute atomic E-state index is 0.0742. The second-order valence-electron chi connectivity index (χ2n) is 5.90. The van der Waals surface area contributed by atoms with Crippen LogP contribution < -0.4 is 10.5 Å². The van der Waals surface area contributed by atoms with Gasteiger partial charge in [-0.25, -0.2) is 4.98 Å². The normalized spacial score (nSPS) is 10.9. The quantitative estimate of drug-likeness (QED) is 0.557. The van der Waals surface area contributed by atoms with Crippen molar-refractivity contribution in [3.8, 4) is 11.8 Å². The number of thiophene rings is 1. The molecule has 3 heterocycles. The maximum atomic E-state index is 13.0. The molecule has 6 heteroatoms. The molecule has 25 heavy (non-hydrogen) atoms. The molecular weight excluding hydrogens is 332 g/mol. The van der Waals surface area contributed by atoms with Gasteiger partial charge in [-0.1, -0.05) is 0 Å². The Bertz CT molecular complexity index is 1200. The molecule has 5 nitrogen and oxygen atoms in total. The Labute approximate surface area is 148 Å². The molecule has 0 saturated heterocycles. The summed E-state index contributed by atoms with van der Waals surface area (Å²) in [6.07, 6.45) is 3.55. The first-order valence-corrected chi connectivity index (χ1v) is 8.52. The monoisotopic (exact) mass is 346 g/mol. The maximum absolute atomic E-state index is 13.0. The van der Waals surface area contributed by atoms with Crippen molar-refractivity contribution in [1.82, 2.24) is 9.55 Å². The Morgan fingerprint density at radius 2 is 1.92 bits per heavy atom. The van der Waals surface area contributed by atoms with Crippen molar-refractivity contribution >= 4 is 37.3 Å². The van der Waals surface area contributed by atoms with E-state index in [1.54, 1.807) is 41.2 Å². The van der Waals surface area contributed by atoms with Crippen LogP contribution in [0.5, 0.6) is 0 Å². The molecule has 0 spiro atoms. The molecule has 4 rings (SSSR count). The molecule has 0 N–H and O–H groups in total. The molecule has 0 atom stereocenters. The summed E-state index contributed by atoms with van der Waals surface area (Å²) in [4.78, 5) is 20.3. The first-order valence-electron chi connectivity index (χ1n) is 7.71. The number of pyridine rings is 2. The first kappa shape index (κ1) is 15.4. The van der Waals surface area contributed by atoms with Gasteiger partial charge in [0.1, 0.15) is 9.53 Å². The predicted molar refractivity (Wildman–Crippen MR) is 102 cm³/mol. The third-order valence-corrected chi connectivity index (χ3v) is 5.27. The summed E-state index contributed by atoms with van der Waals surface area (Å²) in [6, 6.07) is 13.0. The molecule has 4 aromatic rings. The van der Waals surface area contributed by atoms with Gasteiger partial charge in [0.2, 0.25) is 0 Å². The van der Waals surface area contributed by atoms with Gasteiger partial charge in [-0.2, -0.15) is 5.26 Å². The number of nitriles is 1. The topological polar surface area (TPSA) is 61.9 Å². The van der Waals surface area contributed by atoms with Crippen molar-refractivity contribution < 1.29 is 0 Å². The Kier molecular flexibility index (Phi) is 3.52. The van der Waals surface area contributed by atoms with E-state index in [1.807, 2.05) is 31.1 Å². The van der Waals surface area contributed by atoms with E-state index in [4.69, 9.17) is 5.26 Å². The van der Waals surface area contributed by atoms with Gasteiger partial charge in [0.25, 0.3) is 5.56 Å². The fourth-order valence-corrected chi connectivity index (χ4v) is 4.03. The van der Waals surface area contributed by atoms with Crippen LogP contribution in [-0.2, 0) is 0 Å². The molecule has 3 aromatic heterocycles. The number of rotatable bonds is 2. The summed E-state index contributed by atoms with van der Waals surface area (Å²) in [7, 11) is 3.96. The van der Waals surface area contributed by atoms with Gasteiger partial charge in [0.15, 0.2) is 0 Å². The number of aromatic nitrogens is 2. The first-order chi connectivity index (χ1) is 12.1. The van der Waals surface area contributed by atoms with E-state index in [-0.39, 0.29) is 5.56 Å². The van der Waals surface area contributed by atoms with Crippen LogP contribution in [0.3, 0.4) is 0 Å². The smallest absolute Gasteiger partial charge is 0.273 e. The molecule has 0 radical (unpaired) electrons. The van der Waals surface area contributed by atoms with Crippen LogP contribution in [0.25, 0.3) is 26.0 Å². The van der Waals surface area contributed by atoms with Crippen LogP contribution in [0.15, 0.2) is 53.6 Å². The second-order valence-corrected chi connectivity index (χ2v) is 6.90. The van der Waals surface area contributed by atoms with Gasteiger partial charge in [-0.3, -0.25) is 9.36 Å². The lowest BCUT2D eigenvalue weighted by molar-refractivity contribution is 1.01. The van der Waals surface area contributed by atoms with Crippen LogP contribution in [-0.4, -0.2) is 23.6 Å². The van der Waals surface area contributed by atoms with Gasteiger partial charge in [-0.05, 0) is 36.4 Å². The number of anilines is 1. The van der Waals surface area contributed by atoms with E-state index in [0.717, 1.165) is 27.0 Å². The largest absolute Gasteiger partial charge is 0.377 e. The van der Waals surface area contributed by atoms with Crippen molar-refractivity contribution in [3.63, 3.8) is 0 Å². The van der Waals surface area contributed by atoms with Crippen LogP contribution in [0.2, 0.25) is 0 Å². The molecule has 0 aliphatic heterocycles. The average molecular weight is 346 g/mol. The van der Waals surface area contributed by atoms with Crippen molar-refractivity contribution in [2.24, 2.45) is 0 Å². The van der Waals surface area contributed by atoms with Gasteiger partial charge in [0.05, 0.1) is 11.6 Å². The number of nitrogens with zero attached hydrogens (tertiary/aromatic N) is 4. The molecule has 1 aromatic carbocycles. The molecule has 122 valence electrons. The maximum Gasteiger partial charge on any atom is 0.273 e. The third-order valence-electron chi connectivity index (χ3n) is 4.17. The van der Waals surface area contributed by atoms with E-state index < -0.39 is 0 Å². The molecule has 0 bridgehead atoms. The van der Waals surface area contributed by atoms with Crippen molar-refractivity contribution in [3.05, 3.63) is 64.7 Å². The van der Waals surface area contributed by atoms with E-state index in [1.165, 1.54) is 11.3 Å². The Morgan fingerprint density at radius 3 is 2.60 bits per heavy atom. The molecule has 0 amide bonds. The molecule has 0 unspecified atom stereocenters. The minimum Gasteiger partial charge on any atom is -0.377 e. The zero-order chi connectivity index (χ0) is 17.6. The molecule has 0 saturated carbocycles. The fraction of sp³-hybridized carbons (Fsp3) is 0.105. The Morgan fingerprint density at radius 1 is 1.16 bits per heavy atom. The highest BCUT2D eigenvalue weighted by atomic mass is 32.1.